The summed E-state index contributed by atoms with van der Waals surface area (Å²) in [6.07, 6.45) is 10.1. The van der Waals surface area contributed by atoms with Gasteiger partial charge in [0, 0.05) is 11.8 Å². The van der Waals surface area contributed by atoms with Crippen LogP contribution in [0.5, 0.6) is 0 Å². The summed E-state index contributed by atoms with van der Waals surface area (Å²) in [4.78, 5) is 13.9. The molecule has 0 aromatic rings. The third-order valence-corrected chi connectivity index (χ3v) is 17.2. The van der Waals surface area contributed by atoms with E-state index >= 15 is 0 Å². The van der Waals surface area contributed by atoms with Crippen molar-refractivity contribution in [3.05, 3.63) is 11.1 Å². The maximum atomic E-state index is 13.9. The topological polar surface area (TPSA) is 57.5 Å². The van der Waals surface area contributed by atoms with Crippen LogP contribution in [-0.2, 0) is 4.79 Å². The molecule has 6 rings (SSSR count). The van der Waals surface area contributed by atoms with Gasteiger partial charge < -0.3 is 10.2 Å². The Morgan fingerprint density at radius 1 is 0.846 bits per heavy atom. The van der Waals surface area contributed by atoms with Crippen LogP contribution in [0.25, 0.3) is 0 Å². The number of aliphatic hydroxyl groups excluding tert-OH is 2. The molecule has 6 aliphatic rings. The molecule has 5 fully saturated rings. The number of hydrogen-bond acceptors (Lipinski definition) is 5. The molecule has 0 bridgehead atoms. The second kappa shape index (κ2) is 9.52. The first-order valence-corrected chi connectivity index (χ1v) is 18.2. The van der Waals surface area contributed by atoms with Crippen molar-refractivity contribution >= 4 is 29.3 Å². The summed E-state index contributed by atoms with van der Waals surface area (Å²) in [5, 5.41) is 23.2. The van der Waals surface area contributed by atoms with Crippen LogP contribution in [0.3, 0.4) is 0 Å². The fraction of sp³-hybridized carbons (Fsp3) is 0.912. The fourth-order valence-electron chi connectivity index (χ4n) is 12.0. The maximum Gasteiger partial charge on any atom is 0.160 e. The first-order chi connectivity index (χ1) is 18.2. The molecule has 2 N–H and O–H groups in total. The summed E-state index contributed by atoms with van der Waals surface area (Å²) in [7, 11) is 0. The molecule has 1 saturated heterocycles. The third-order valence-electron chi connectivity index (χ3n) is 14.1. The van der Waals surface area contributed by atoms with Crippen molar-refractivity contribution < 1.29 is 15.0 Å². The fourth-order valence-corrected chi connectivity index (χ4v) is 15.1. The van der Waals surface area contributed by atoms with Crippen LogP contribution in [0, 0.1) is 50.7 Å². The first kappa shape index (κ1) is 29.1. The van der Waals surface area contributed by atoms with E-state index in [1.165, 1.54) is 31.3 Å². The van der Waals surface area contributed by atoms with Crippen LogP contribution in [0.4, 0.5) is 0 Å². The van der Waals surface area contributed by atoms with Crippen molar-refractivity contribution in [2.24, 2.45) is 50.7 Å². The molecule has 4 saturated carbocycles. The molecule has 5 aliphatic carbocycles. The predicted octanol–water partition coefficient (Wildman–Crippen LogP) is 7.89. The lowest BCUT2D eigenvalue weighted by molar-refractivity contribution is -0.230. The van der Waals surface area contributed by atoms with Crippen molar-refractivity contribution in [1.29, 1.82) is 0 Å². The lowest BCUT2D eigenvalue weighted by atomic mass is 9.33. The van der Waals surface area contributed by atoms with Gasteiger partial charge in [0.15, 0.2) is 5.78 Å². The molecule has 3 nitrogen and oxygen atoms in total. The van der Waals surface area contributed by atoms with Crippen molar-refractivity contribution in [1.82, 2.24) is 0 Å². The molecule has 0 spiro atoms. The molecule has 9 atom stereocenters. The molecule has 0 amide bonds. The van der Waals surface area contributed by atoms with Gasteiger partial charge >= 0.3 is 0 Å². The summed E-state index contributed by atoms with van der Waals surface area (Å²) < 4.78 is 0.189. The summed E-state index contributed by atoms with van der Waals surface area (Å²) in [6, 6.07) is 0. The van der Waals surface area contributed by atoms with E-state index in [-0.39, 0.29) is 43.7 Å². The van der Waals surface area contributed by atoms with E-state index in [4.69, 9.17) is 0 Å². The lowest BCUT2D eigenvalue weighted by Gasteiger charge is -2.72. The Morgan fingerprint density at radius 3 is 2.21 bits per heavy atom. The standard InChI is InChI=1S/C34H54O3S2/c1-20(2)26-22(35)19-34(28(37)29-38-17-8-18-39-29)16-15-32(6)21(27(26)34)9-10-24-31(5)13-12-25(36)30(3,4)23(31)11-14-33(24,32)7/h20-21,23-25,28-29,36-37H,8-19H2,1-7H3/t21?,23-,24+,25-,28?,31-,32+,33+,34+/m0/s1. The van der Waals surface area contributed by atoms with Crippen molar-refractivity contribution in [3.8, 4) is 0 Å². The van der Waals surface area contributed by atoms with Gasteiger partial charge in [0.2, 0.25) is 0 Å². The Kier molecular flexibility index (Phi) is 7.10. The second-order valence-corrected chi connectivity index (χ2v) is 18.9. The van der Waals surface area contributed by atoms with Gasteiger partial charge in [-0.15, -0.1) is 23.5 Å². The largest absolute Gasteiger partial charge is 0.393 e. The van der Waals surface area contributed by atoms with E-state index in [9.17, 15) is 15.0 Å². The van der Waals surface area contributed by atoms with Crippen LogP contribution in [0.1, 0.15) is 113 Å². The van der Waals surface area contributed by atoms with Crippen LogP contribution >= 0.6 is 23.5 Å². The molecule has 5 heteroatoms. The highest BCUT2D eigenvalue weighted by Gasteiger charge is 2.70. The number of thioether (sulfide) groups is 2. The van der Waals surface area contributed by atoms with Gasteiger partial charge in [-0.1, -0.05) is 54.0 Å². The molecule has 1 aliphatic heterocycles. The minimum Gasteiger partial charge on any atom is -0.393 e. The summed E-state index contributed by atoms with van der Waals surface area (Å²) in [6.45, 7) is 16.9. The van der Waals surface area contributed by atoms with Crippen molar-refractivity contribution in [2.75, 3.05) is 11.5 Å². The molecule has 0 radical (unpaired) electrons. The van der Waals surface area contributed by atoms with E-state index in [1.54, 1.807) is 0 Å². The van der Waals surface area contributed by atoms with Crippen LogP contribution in [0.15, 0.2) is 11.1 Å². The van der Waals surface area contributed by atoms with E-state index in [1.807, 2.05) is 23.5 Å². The Hall–Kier alpha value is 0.0300. The summed E-state index contributed by atoms with van der Waals surface area (Å²) in [5.41, 5.74) is 2.74. The number of rotatable bonds is 3. The minimum atomic E-state index is -0.438. The Balaban J connectivity index is 1.43. The molecule has 1 heterocycles. The average molecular weight is 575 g/mol. The molecule has 220 valence electrons. The number of carbonyl (C=O) groups excluding carboxylic acids is 1. The van der Waals surface area contributed by atoms with Crippen LogP contribution < -0.4 is 0 Å². The lowest BCUT2D eigenvalue weighted by Crippen LogP contribution is -2.66. The van der Waals surface area contributed by atoms with Gasteiger partial charge in [-0.2, -0.15) is 0 Å². The van der Waals surface area contributed by atoms with Gasteiger partial charge in [0.1, 0.15) is 0 Å². The summed E-state index contributed by atoms with van der Waals surface area (Å²) in [5.74, 6) is 4.41. The minimum absolute atomic E-state index is 0.0293. The maximum absolute atomic E-state index is 13.9. The van der Waals surface area contributed by atoms with E-state index < -0.39 is 6.10 Å². The van der Waals surface area contributed by atoms with Gasteiger partial charge in [0.05, 0.1) is 16.8 Å². The van der Waals surface area contributed by atoms with E-state index in [2.05, 4.69) is 48.5 Å². The van der Waals surface area contributed by atoms with Crippen molar-refractivity contribution in [3.63, 3.8) is 0 Å². The van der Waals surface area contributed by atoms with Crippen molar-refractivity contribution in [2.45, 2.75) is 129 Å². The monoisotopic (exact) mass is 574 g/mol. The zero-order valence-electron chi connectivity index (χ0n) is 25.6. The number of fused-ring (bicyclic) bond motifs is 7. The number of Topliss-reactive ketones (excluding diaryl/α,β-unsaturated/α-hetero) is 1. The predicted molar refractivity (Wildman–Crippen MR) is 165 cm³/mol. The second-order valence-electron chi connectivity index (χ2n) is 16.1. The molecule has 0 aromatic carbocycles. The van der Waals surface area contributed by atoms with Gasteiger partial charge in [-0.05, 0) is 120 Å². The van der Waals surface area contributed by atoms with Gasteiger partial charge in [-0.25, -0.2) is 0 Å². The van der Waals surface area contributed by atoms with Gasteiger partial charge in [0.25, 0.3) is 0 Å². The number of hydrogen-bond donors (Lipinski definition) is 2. The Morgan fingerprint density at radius 2 is 1.54 bits per heavy atom. The molecular formula is C34H54O3S2. The SMILES string of the molecule is CC(C)C1=C2C3CC[C@@H]4[C@@]5(C)CC[C@H](O)C(C)(C)[C@@H]5CC[C@@]4(C)[C@]3(C)CC[C@@]2(C(O)C2SCCCS2)CC1=O. The number of ketones is 1. The zero-order valence-corrected chi connectivity index (χ0v) is 27.3. The highest BCUT2D eigenvalue weighted by atomic mass is 32.2. The highest BCUT2D eigenvalue weighted by Crippen LogP contribution is 2.77. The number of aliphatic hydroxyl groups is 2. The summed E-state index contributed by atoms with van der Waals surface area (Å²) >= 11 is 3.87. The van der Waals surface area contributed by atoms with Crippen LogP contribution in [0.2, 0.25) is 0 Å². The van der Waals surface area contributed by atoms with E-state index in [0.29, 0.717) is 30.0 Å². The Labute approximate surface area is 246 Å². The smallest absolute Gasteiger partial charge is 0.160 e. The zero-order chi connectivity index (χ0) is 28.2. The van der Waals surface area contributed by atoms with Crippen LogP contribution in [-0.4, -0.2) is 44.3 Å². The van der Waals surface area contributed by atoms with Gasteiger partial charge in [-0.3, -0.25) is 4.79 Å². The quantitative estimate of drug-likeness (QED) is 0.359. The average Bonchev–Trinajstić information content (AvgIpc) is 3.20. The number of carbonyl (C=O) groups is 1. The molecule has 0 aromatic heterocycles. The first-order valence-electron chi connectivity index (χ1n) is 16.1. The highest BCUT2D eigenvalue weighted by molar-refractivity contribution is 8.17. The third kappa shape index (κ3) is 3.80. The molecular weight excluding hydrogens is 521 g/mol. The molecule has 2 unspecified atom stereocenters. The Bertz CT molecular complexity index is 1050. The molecule has 39 heavy (non-hydrogen) atoms. The number of allylic oxidation sites excluding steroid dienone is 1. The van der Waals surface area contributed by atoms with E-state index in [0.717, 1.165) is 49.2 Å². The normalized spacial score (nSPS) is 48.8.